The summed E-state index contributed by atoms with van der Waals surface area (Å²) in [5.74, 6) is 0.0649. The summed E-state index contributed by atoms with van der Waals surface area (Å²) in [6.07, 6.45) is 0. The SMILES string of the molecule is O=S(=O)(Nc1cc(Br)c(O)c2ccccc12)c1ccc(Cl)cc1. The summed E-state index contributed by atoms with van der Waals surface area (Å²) in [4.78, 5) is 0.107. The van der Waals surface area contributed by atoms with Crippen molar-refractivity contribution in [2.45, 2.75) is 4.90 Å². The largest absolute Gasteiger partial charge is 0.506 e. The summed E-state index contributed by atoms with van der Waals surface area (Å²) in [5, 5.41) is 11.7. The van der Waals surface area contributed by atoms with Crippen LogP contribution in [0.25, 0.3) is 10.8 Å². The first-order chi connectivity index (χ1) is 10.9. The highest BCUT2D eigenvalue weighted by Gasteiger charge is 2.17. The highest BCUT2D eigenvalue weighted by molar-refractivity contribution is 9.10. The minimum Gasteiger partial charge on any atom is -0.506 e. The molecule has 0 amide bonds. The van der Waals surface area contributed by atoms with Crippen molar-refractivity contribution in [2.24, 2.45) is 0 Å². The number of nitrogens with one attached hydrogen (secondary N) is 1. The molecule has 0 radical (unpaired) electrons. The van der Waals surface area contributed by atoms with Crippen molar-refractivity contribution in [3.8, 4) is 5.75 Å². The molecule has 0 atom stereocenters. The number of benzene rings is 3. The Kier molecular flexibility index (Phi) is 4.23. The maximum Gasteiger partial charge on any atom is 0.261 e. The molecule has 3 aromatic rings. The molecule has 0 aliphatic rings. The van der Waals surface area contributed by atoms with Crippen LogP contribution >= 0.6 is 27.5 Å². The molecule has 118 valence electrons. The van der Waals surface area contributed by atoms with Gasteiger partial charge in [-0.3, -0.25) is 4.72 Å². The monoisotopic (exact) mass is 411 g/mol. The van der Waals surface area contributed by atoms with Crippen LogP contribution in [-0.4, -0.2) is 13.5 Å². The van der Waals surface area contributed by atoms with Gasteiger partial charge in [-0.25, -0.2) is 8.42 Å². The molecule has 23 heavy (non-hydrogen) atoms. The van der Waals surface area contributed by atoms with Gasteiger partial charge in [-0.2, -0.15) is 0 Å². The molecule has 4 nitrogen and oxygen atoms in total. The molecule has 3 rings (SSSR count). The van der Waals surface area contributed by atoms with Crippen molar-refractivity contribution < 1.29 is 13.5 Å². The Hall–Kier alpha value is -1.76. The fraction of sp³-hybridized carbons (Fsp3) is 0. The van der Waals surface area contributed by atoms with E-state index < -0.39 is 10.0 Å². The zero-order valence-corrected chi connectivity index (χ0v) is 14.8. The van der Waals surface area contributed by atoms with Crippen LogP contribution in [0.1, 0.15) is 0 Å². The van der Waals surface area contributed by atoms with E-state index in [1.807, 2.05) is 0 Å². The fourth-order valence-electron chi connectivity index (χ4n) is 2.23. The van der Waals surface area contributed by atoms with Gasteiger partial charge in [0, 0.05) is 15.8 Å². The van der Waals surface area contributed by atoms with Crippen molar-refractivity contribution in [3.63, 3.8) is 0 Å². The molecule has 0 saturated heterocycles. The molecule has 0 bridgehead atoms. The summed E-state index contributed by atoms with van der Waals surface area (Å²) in [7, 11) is -3.76. The molecule has 0 saturated carbocycles. The first-order valence-corrected chi connectivity index (χ1v) is 9.22. The smallest absolute Gasteiger partial charge is 0.261 e. The summed E-state index contributed by atoms with van der Waals surface area (Å²) >= 11 is 9.03. The zero-order valence-electron chi connectivity index (χ0n) is 11.6. The van der Waals surface area contributed by atoms with Gasteiger partial charge in [0.05, 0.1) is 15.1 Å². The van der Waals surface area contributed by atoms with E-state index in [-0.39, 0.29) is 10.6 Å². The average molecular weight is 413 g/mol. The third-order valence-electron chi connectivity index (χ3n) is 3.34. The topological polar surface area (TPSA) is 66.4 Å². The molecule has 7 heteroatoms. The van der Waals surface area contributed by atoms with Crippen molar-refractivity contribution in [2.75, 3.05) is 4.72 Å². The van der Waals surface area contributed by atoms with Gasteiger partial charge < -0.3 is 5.11 Å². The highest BCUT2D eigenvalue weighted by Crippen LogP contribution is 2.38. The molecule has 0 fully saturated rings. The van der Waals surface area contributed by atoms with Crippen LogP contribution in [0, 0.1) is 0 Å². The minimum atomic E-state index is -3.76. The standard InChI is InChI=1S/C16H11BrClNO3S/c17-14-9-15(12-3-1-2-4-13(12)16(14)20)19-23(21,22)11-7-5-10(18)6-8-11/h1-9,19-20H. The maximum atomic E-state index is 12.5. The van der Waals surface area contributed by atoms with Crippen LogP contribution in [0.5, 0.6) is 5.75 Å². The van der Waals surface area contributed by atoms with E-state index in [1.165, 1.54) is 30.3 Å². The third-order valence-corrected chi connectivity index (χ3v) is 5.58. The van der Waals surface area contributed by atoms with Gasteiger partial charge in [0.15, 0.2) is 0 Å². The second-order valence-corrected chi connectivity index (χ2v) is 7.83. The second kappa shape index (κ2) is 6.03. The summed E-state index contributed by atoms with van der Waals surface area (Å²) in [6, 6.07) is 14.4. The van der Waals surface area contributed by atoms with Crippen LogP contribution < -0.4 is 4.72 Å². The van der Waals surface area contributed by atoms with E-state index in [2.05, 4.69) is 20.7 Å². The predicted molar refractivity (Wildman–Crippen MR) is 95.6 cm³/mol. The molecule has 3 aromatic carbocycles. The Morgan fingerprint density at radius 2 is 1.61 bits per heavy atom. The Labute approximate surface area is 146 Å². The number of halogens is 2. The summed E-state index contributed by atoms with van der Waals surface area (Å²) in [5.41, 5.74) is 0.375. The molecule has 0 aliphatic heterocycles. The number of phenols is 1. The number of rotatable bonds is 3. The van der Waals surface area contributed by atoms with Gasteiger partial charge in [-0.15, -0.1) is 0 Å². The molecule has 0 aromatic heterocycles. The average Bonchev–Trinajstić information content (AvgIpc) is 2.52. The predicted octanol–water partition coefficient (Wildman–Crippen LogP) is 4.76. The van der Waals surface area contributed by atoms with Crippen LogP contribution in [0.15, 0.2) is 64.0 Å². The number of fused-ring (bicyclic) bond motifs is 1. The van der Waals surface area contributed by atoms with E-state index >= 15 is 0 Å². The van der Waals surface area contributed by atoms with Gasteiger partial charge in [0.2, 0.25) is 0 Å². The summed E-state index contributed by atoms with van der Waals surface area (Å²) < 4.78 is 28.0. The van der Waals surface area contributed by atoms with E-state index in [1.54, 1.807) is 24.3 Å². The molecular formula is C16H11BrClNO3S. The van der Waals surface area contributed by atoms with Crippen LogP contribution in [0.4, 0.5) is 5.69 Å². The fourth-order valence-corrected chi connectivity index (χ4v) is 3.87. The van der Waals surface area contributed by atoms with Crippen LogP contribution in [-0.2, 0) is 10.0 Å². The normalized spacial score (nSPS) is 11.6. The van der Waals surface area contributed by atoms with Crippen molar-refractivity contribution in [1.29, 1.82) is 0 Å². The summed E-state index contributed by atoms with van der Waals surface area (Å²) in [6.45, 7) is 0. The number of aromatic hydroxyl groups is 1. The quantitative estimate of drug-likeness (QED) is 0.609. The number of hydrogen-bond acceptors (Lipinski definition) is 3. The lowest BCUT2D eigenvalue weighted by Gasteiger charge is -2.13. The van der Waals surface area contributed by atoms with E-state index in [0.717, 1.165) is 0 Å². The molecule has 0 aliphatic carbocycles. The number of phenolic OH excluding ortho intramolecular Hbond substituents is 1. The maximum absolute atomic E-state index is 12.5. The second-order valence-electron chi connectivity index (χ2n) is 4.86. The lowest BCUT2D eigenvalue weighted by atomic mass is 10.1. The Morgan fingerprint density at radius 1 is 1.00 bits per heavy atom. The first-order valence-electron chi connectivity index (χ1n) is 6.57. The Bertz CT molecular complexity index is 988. The lowest BCUT2D eigenvalue weighted by Crippen LogP contribution is -2.13. The number of anilines is 1. The van der Waals surface area contributed by atoms with E-state index in [0.29, 0.717) is 26.0 Å². The molecule has 2 N–H and O–H groups in total. The van der Waals surface area contributed by atoms with Gasteiger partial charge in [0.25, 0.3) is 10.0 Å². The first kappa shape index (κ1) is 16.1. The molecular weight excluding hydrogens is 402 g/mol. The molecule has 0 spiro atoms. The number of sulfonamides is 1. The third kappa shape index (κ3) is 3.15. The van der Waals surface area contributed by atoms with Gasteiger partial charge in [0.1, 0.15) is 5.75 Å². The van der Waals surface area contributed by atoms with E-state index in [4.69, 9.17) is 11.6 Å². The Morgan fingerprint density at radius 3 is 2.26 bits per heavy atom. The van der Waals surface area contributed by atoms with Gasteiger partial charge >= 0.3 is 0 Å². The lowest BCUT2D eigenvalue weighted by molar-refractivity contribution is 0.478. The van der Waals surface area contributed by atoms with Crippen molar-refractivity contribution in [1.82, 2.24) is 0 Å². The minimum absolute atomic E-state index is 0.0649. The highest BCUT2D eigenvalue weighted by atomic mass is 79.9. The number of hydrogen-bond donors (Lipinski definition) is 2. The van der Waals surface area contributed by atoms with Crippen LogP contribution in [0.2, 0.25) is 5.02 Å². The Balaban J connectivity index is 2.11. The van der Waals surface area contributed by atoms with E-state index in [9.17, 15) is 13.5 Å². The molecule has 0 unspecified atom stereocenters. The van der Waals surface area contributed by atoms with Gasteiger partial charge in [-0.1, -0.05) is 35.9 Å². The molecule has 0 heterocycles. The van der Waals surface area contributed by atoms with Crippen molar-refractivity contribution in [3.05, 3.63) is 64.1 Å². The van der Waals surface area contributed by atoms with Gasteiger partial charge in [-0.05, 0) is 46.3 Å². The zero-order chi connectivity index (χ0) is 16.6. The van der Waals surface area contributed by atoms with Crippen molar-refractivity contribution >= 4 is 54.0 Å². The van der Waals surface area contributed by atoms with Crippen LogP contribution in [0.3, 0.4) is 0 Å².